The molecule has 0 aliphatic heterocycles. The third-order valence-corrected chi connectivity index (χ3v) is 4.13. The molecule has 3 rings (SSSR count). The predicted octanol–water partition coefficient (Wildman–Crippen LogP) is 3.12. The average molecular weight is 285 g/mol. The Kier molecular flexibility index (Phi) is 3.71. The number of aliphatic hydroxyl groups excluding tert-OH is 1. The molecule has 20 heavy (non-hydrogen) atoms. The second-order valence-corrected chi connectivity index (χ2v) is 5.47. The number of aryl methyl sites for hydroxylation is 1. The maximum atomic E-state index is 10.7. The van der Waals surface area contributed by atoms with Crippen molar-refractivity contribution in [3.63, 3.8) is 0 Å². The summed E-state index contributed by atoms with van der Waals surface area (Å²) >= 11 is 1.26. The highest BCUT2D eigenvalue weighted by Gasteiger charge is 2.20. The van der Waals surface area contributed by atoms with Crippen LogP contribution in [0.1, 0.15) is 35.6 Å². The van der Waals surface area contributed by atoms with E-state index in [1.165, 1.54) is 11.5 Å². The average Bonchev–Trinajstić information content (AvgIpc) is 2.94. The van der Waals surface area contributed by atoms with Gasteiger partial charge in [-0.05, 0) is 23.3 Å². The number of hydrogen-bond donors (Lipinski definition) is 1. The van der Waals surface area contributed by atoms with Crippen molar-refractivity contribution in [1.82, 2.24) is 14.6 Å². The molecule has 1 N–H and O–H groups in total. The van der Waals surface area contributed by atoms with Crippen molar-refractivity contribution in [3.8, 4) is 0 Å². The molecule has 0 radical (unpaired) electrons. The highest BCUT2D eigenvalue weighted by Crippen LogP contribution is 2.31. The van der Waals surface area contributed by atoms with Crippen molar-refractivity contribution in [1.29, 1.82) is 0 Å². The Labute approximate surface area is 121 Å². The van der Waals surface area contributed by atoms with E-state index < -0.39 is 6.10 Å². The monoisotopic (exact) mass is 285 g/mol. The van der Waals surface area contributed by atoms with E-state index in [1.807, 2.05) is 30.5 Å². The van der Waals surface area contributed by atoms with Gasteiger partial charge in [-0.15, -0.1) is 5.10 Å². The van der Waals surface area contributed by atoms with Crippen molar-refractivity contribution < 1.29 is 5.11 Å². The molecule has 1 unspecified atom stereocenters. The molecular formula is C15H15N3OS. The van der Waals surface area contributed by atoms with Gasteiger partial charge in [0.25, 0.3) is 0 Å². The molecule has 0 saturated carbocycles. The largest absolute Gasteiger partial charge is 0.383 e. The number of pyridine rings is 1. The Morgan fingerprint density at radius 3 is 2.95 bits per heavy atom. The van der Waals surface area contributed by atoms with Crippen molar-refractivity contribution in [3.05, 3.63) is 52.8 Å². The fraction of sp³-hybridized carbons (Fsp3) is 0.267. The number of nitrogens with zero attached hydrogens (tertiary/aromatic N) is 3. The van der Waals surface area contributed by atoms with Crippen LogP contribution in [-0.2, 0) is 6.42 Å². The van der Waals surface area contributed by atoms with Gasteiger partial charge in [0, 0.05) is 23.3 Å². The Balaban J connectivity index is 2.08. The summed E-state index contributed by atoms with van der Waals surface area (Å²) < 4.78 is 3.98. The minimum atomic E-state index is -0.713. The van der Waals surface area contributed by atoms with Gasteiger partial charge in [-0.3, -0.25) is 4.98 Å². The van der Waals surface area contributed by atoms with Gasteiger partial charge in [0.05, 0.1) is 10.6 Å². The number of rotatable bonds is 4. The molecule has 5 heteroatoms. The highest BCUT2D eigenvalue weighted by molar-refractivity contribution is 7.05. The molecule has 1 aromatic carbocycles. The van der Waals surface area contributed by atoms with Crippen LogP contribution in [0.4, 0.5) is 0 Å². The molecule has 0 aliphatic rings. The molecule has 0 aliphatic carbocycles. The molecule has 102 valence electrons. The van der Waals surface area contributed by atoms with E-state index in [1.54, 1.807) is 6.20 Å². The van der Waals surface area contributed by atoms with Crippen molar-refractivity contribution in [2.75, 3.05) is 0 Å². The lowest BCUT2D eigenvalue weighted by molar-refractivity contribution is 0.224. The van der Waals surface area contributed by atoms with Crippen molar-refractivity contribution >= 4 is 22.3 Å². The third kappa shape index (κ3) is 2.30. The van der Waals surface area contributed by atoms with E-state index in [9.17, 15) is 5.11 Å². The van der Waals surface area contributed by atoms with Crippen LogP contribution in [0.2, 0.25) is 0 Å². The standard InChI is InChI=1S/C15H15N3OS/c1-2-5-13-15(20-18-17-13)14(19)12-9-16-8-10-6-3-4-7-11(10)12/h3-4,6-9,14,19H,2,5H2,1H3. The Morgan fingerprint density at radius 2 is 2.10 bits per heavy atom. The van der Waals surface area contributed by atoms with E-state index in [0.29, 0.717) is 0 Å². The molecular weight excluding hydrogens is 270 g/mol. The summed E-state index contributed by atoms with van der Waals surface area (Å²) in [6, 6.07) is 7.94. The summed E-state index contributed by atoms with van der Waals surface area (Å²) in [7, 11) is 0. The molecule has 0 saturated heterocycles. The van der Waals surface area contributed by atoms with Gasteiger partial charge < -0.3 is 5.11 Å². The first kappa shape index (κ1) is 13.1. The van der Waals surface area contributed by atoms with Gasteiger partial charge in [0.1, 0.15) is 6.10 Å². The molecule has 3 aromatic rings. The maximum Gasteiger partial charge on any atom is 0.119 e. The highest BCUT2D eigenvalue weighted by atomic mass is 32.1. The lowest BCUT2D eigenvalue weighted by atomic mass is 10.0. The topological polar surface area (TPSA) is 58.9 Å². The van der Waals surface area contributed by atoms with Crippen molar-refractivity contribution in [2.24, 2.45) is 0 Å². The second-order valence-electron chi connectivity index (χ2n) is 4.69. The smallest absolute Gasteiger partial charge is 0.119 e. The second kappa shape index (κ2) is 5.64. The zero-order valence-corrected chi connectivity index (χ0v) is 12.0. The lowest BCUT2D eigenvalue weighted by Crippen LogP contribution is -2.03. The number of aliphatic hydroxyl groups is 1. The van der Waals surface area contributed by atoms with Gasteiger partial charge >= 0.3 is 0 Å². The molecule has 0 fully saturated rings. The van der Waals surface area contributed by atoms with E-state index in [-0.39, 0.29) is 0 Å². The van der Waals surface area contributed by atoms with Crippen LogP contribution in [-0.4, -0.2) is 19.7 Å². The summed E-state index contributed by atoms with van der Waals surface area (Å²) in [5.41, 5.74) is 1.70. The number of hydrogen-bond acceptors (Lipinski definition) is 5. The quantitative estimate of drug-likeness (QED) is 0.800. The minimum absolute atomic E-state index is 0.713. The molecule has 0 spiro atoms. The van der Waals surface area contributed by atoms with Crippen LogP contribution in [0, 0.1) is 0 Å². The minimum Gasteiger partial charge on any atom is -0.383 e. The molecule has 4 nitrogen and oxygen atoms in total. The first-order valence-electron chi connectivity index (χ1n) is 6.63. The molecule has 2 aromatic heterocycles. The zero-order valence-electron chi connectivity index (χ0n) is 11.2. The maximum absolute atomic E-state index is 10.7. The summed E-state index contributed by atoms with van der Waals surface area (Å²) in [5, 5.41) is 16.8. The summed E-state index contributed by atoms with van der Waals surface area (Å²) in [6.45, 7) is 2.09. The summed E-state index contributed by atoms with van der Waals surface area (Å²) in [5.74, 6) is 0. The molecule has 1 atom stereocenters. The van der Waals surface area contributed by atoms with E-state index in [4.69, 9.17) is 0 Å². The third-order valence-electron chi connectivity index (χ3n) is 3.31. The fourth-order valence-corrected chi connectivity index (χ4v) is 3.03. The van der Waals surface area contributed by atoms with Gasteiger partial charge in [-0.2, -0.15) is 0 Å². The van der Waals surface area contributed by atoms with Gasteiger partial charge in [0.15, 0.2) is 0 Å². The van der Waals surface area contributed by atoms with E-state index in [0.717, 1.165) is 39.7 Å². The van der Waals surface area contributed by atoms with Gasteiger partial charge in [-0.1, -0.05) is 42.1 Å². The number of fused-ring (bicyclic) bond motifs is 1. The van der Waals surface area contributed by atoms with Crippen LogP contribution in [0.3, 0.4) is 0 Å². The van der Waals surface area contributed by atoms with E-state index >= 15 is 0 Å². The zero-order chi connectivity index (χ0) is 13.9. The molecule has 0 bridgehead atoms. The number of benzene rings is 1. The SMILES string of the molecule is CCCc1nnsc1C(O)c1cncc2ccccc12. The van der Waals surface area contributed by atoms with E-state index in [2.05, 4.69) is 21.5 Å². The normalized spacial score (nSPS) is 12.7. The fourth-order valence-electron chi connectivity index (χ4n) is 2.33. The first-order chi connectivity index (χ1) is 9.81. The van der Waals surface area contributed by atoms with Crippen LogP contribution < -0.4 is 0 Å². The lowest BCUT2D eigenvalue weighted by Gasteiger charge is -2.12. The predicted molar refractivity (Wildman–Crippen MR) is 79.7 cm³/mol. The Morgan fingerprint density at radius 1 is 1.25 bits per heavy atom. The van der Waals surface area contributed by atoms with Crippen LogP contribution in [0.5, 0.6) is 0 Å². The summed E-state index contributed by atoms with van der Waals surface area (Å²) in [4.78, 5) is 5.05. The van der Waals surface area contributed by atoms with Gasteiger partial charge in [-0.25, -0.2) is 0 Å². The Hall–Kier alpha value is -1.85. The number of aromatic nitrogens is 3. The summed E-state index contributed by atoms with van der Waals surface area (Å²) in [6.07, 6.45) is 4.64. The molecule has 2 heterocycles. The first-order valence-corrected chi connectivity index (χ1v) is 7.40. The molecule has 0 amide bonds. The van der Waals surface area contributed by atoms with Crippen LogP contribution >= 0.6 is 11.5 Å². The van der Waals surface area contributed by atoms with Crippen LogP contribution in [0.15, 0.2) is 36.7 Å². The van der Waals surface area contributed by atoms with Gasteiger partial charge in [0.2, 0.25) is 0 Å². The Bertz CT molecular complexity index is 720. The van der Waals surface area contributed by atoms with Crippen molar-refractivity contribution in [2.45, 2.75) is 25.9 Å². The van der Waals surface area contributed by atoms with Crippen LogP contribution in [0.25, 0.3) is 10.8 Å².